The van der Waals surface area contributed by atoms with E-state index in [0.29, 0.717) is 10.5 Å². The van der Waals surface area contributed by atoms with Crippen LogP contribution in [0, 0.1) is 0 Å². The van der Waals surface area contributed by atoms with Crippen molar-refractivity contribution in [3.8, 4) is 0 Å². The molecule has 0 saturated carbocycles. The van der Waals surface area contributed by atoms with Gasteiger partial charge in [-0.15, -0.1) is 34.9 Å². The first-order chi connectivity index (χ1) is 19.7. The van der Waals surface area contributed by atoms with Gasteiger partial charge in [0.15, 0.2) is 23.2 Å². The van der Waals surface area contributed by atoms with Gasteiger partial charge in [-0.3, -0.25) is 14.5 Å². The first kappa shape index (κ1) is 31.1. The molecule has 0 aromatic carbocycles. The minimum Gasteiger partial charge on any atom is -0.478 e. The SMILES string of the molecule is C[C@H](ON=C(C(=O)N[C@@H]1C(=O)N2C(C(=O)O)=C(CSc3cc[n+](CC(F)(F)F)cc3)CS[C@H]12)c1csc(N)n1)C(=O)O. The molecule has 2 aromatic rings. The maximum Gasteiger partial charge on any atom is 0.448 e. The average Bonchev–Trinajstić information content (AvgIpc) is 3.35. The van der Waals surface area contributed by atoms with Crippen LogP contribution in [-0.4, -0.2) is 84.8 Å². The number of nitrogens with zero attached hydrogens (tertiary/aromatic N) is 4. The highest BCUT2D eigenvalue weighted by Crippen LogP contribution is 2.41. The van der Waals surface area contributed by atoms with Crippen LogP contribution in [0.5, 0.6) is 0 Å². The quantitative estimate of drug-likeness (QED) is 0.0905. The van der Waals surface area contributed by atoms with E-state index in [0.717, 1.165) is 20.8 Å². The van der Waals surface area contributed by atoms with Gasteiger partial charge in [-0.1, -0.05) is 5.16 Å². The van der Waals surface area contributed by atoms with E-state index in [-0.39, 0.29) is 28.0 Å². The van der Waals surface area contributed by atoms with Crippen molar-refractivity contribution in [1.82, 2.24) is 15.2 Å². The molecule has 42 heavy (non-hydrogen) atoms. The lowest BCUT2D eigenvalue weighted by Gasteiger charge is -2.49. The number of nitrogens with one attached hydrogen (secondary N) is 1. The van der Waals surface area contributed by atoms with E-state index in [1.54, 1.807) is 0 Å². The molecule has 1 saturated heterocycles. The lowest BCUT2D eigenvalue weighted by molar-refractivity contribution is -0.719. The summed E-state index contributed by atoms with van der Waals surface area (Å²) >= 11 is 3.41. The number of halogens is 3. The first-order valence-electron chi connectivity index (χ1n) is 11.8. The third-order valence-corrected chi connectivity index (χ3v) is 8.91. The number of rotatable bonds is 11. The molecule has 0 aliphatic carbocycles. The molecule has 2 aromatic heterocycles. The maximum atomic E-state index is 13.1. The van der Waals surface area contributed by atoms with Crippen LogP contribution in [-0.2, 0) is 30.6 Å². The Kier molecular flexibility index (Phi) is 9.31. The van der Waals surface area contributed by atoms with Crippen molar-refractivity contribution in [3.05, 3.63) is 46.9 Å². The van der Waals surface area contributed by atoms with Crippen LogP contribution in [0.2, 0.25) is 0 Å². The molecule has 3 atom stereocenters. The number of carboxylic acid groups (broad SMARTS) is 2. The van der Waals surface area contributed by atoms with Crippen molar-refractivity contribution in [2.24, 2.45) is 5.16 Å². The van der Waals surface area contributed by atoms with E-state index in [1.165, 1.54) is 60.4 Å². The molecule has 2 amide bonds. The molecule has 0 radical (unpaired) electrons. The molecule has 2 aliphatic rings. The van der Waals surface area contributed by atoms with E-state index < -0.39 is 59.7 Å². The molecule has 0 spiro atoms. The van der Waals surface area contributed by atoms with Crippen LogP contribution in [0.4, 0.5) is 18.3 Å². The summed E-state index contributed by atoms with van der Waals surface area (Å²) in [6.45, 7) is 0.0546. The summed E-state index contributed by atoms with van der Waals surface area (Å²) in [5.74, 6) is -3.91. The highest BCUT2D eigenvalue weighted by molar-refractivity contribution is 8.01. The van der Waals surface area contributed by atoms with Crippen molar-refractivity contribution in [3.63, 3.8) is 0 Å². The van der Waals surface area contributed by atoms with Gasteiger partial charge in [0.2, 0.25) is 12.6 Å². The van der Waals surface area contributed by atoms with Crippen molar-refractivity contribution in [1.29, 1.82) is 0 Å². The molecule has 13 nitrogen and oxygen atoms in total. The number of aromatic nitrogens is 2. The molecule has 19 heteroatoms. The first-order valence-corrected chi connectivity index (χ1v) is 14.7. The van der Waals surface area contributed by atoms with Crippen molar-refractivity contribution < 1.29 is 52.0 Å². The van der Waals surface area contributed by atoms with Crippen molar-refractivity contribution in [2.75, 3.05) is 17.2 Å². The molecule has 1 fully saturated rings. The molecule has 4 rings (SSSR count). The zero-order valence-electron chi connectivity index (χ0n) is 21.4. The summed E-state index contributed by atoms with van der Waals surface area (Å²) in [7, 11) is 0. The number of thioether (sulfide) groups is 2. The highest BCUT2D eigenvalue weighted by Gasteiger charge is 2.54. The van der Waals surface area contributed by atoms with Gasteiger partial charge in [-0.05, 0) is 12.5 Å². The number of carboxylic acids is 2. The number of hydrogen-bond acceptors (Lipinski definition) is 11. The van der Waals surface area contributed by atoms with Gasteiger partial charge in [-0.2, -0.15) is 17.7 Å². The number of carbonyl (C=O) groups is 4. The number of aliphatic carboxylic acids is 2. The normalized spacial score (nSPS) is 19.6. The predicted octanol–water partition coefficient (Wildman–Crippen LogP) is 1.30. The van der Waals surface area contributed by atoms with Gasteiger partial charge in [0.05, 0.1) is 0 Å². The fourth-order valence-electron chi connectivity index (χ4n) is 3.80. The van der Waals surface area contributed by atoms with Gasteiger partial charge >= 0.3 is 18.1 Å². The van der Waals surface area contributed by atoms with Crippen molar-refractivity contribution in [2.45, 2.75) is 42.1 Å². The number of anilines is 1. The van der Waals surface area contributed by atoms with Crippen molar-refractivity contribution >= 4 is 69.5 Å². The summed E-state index contributed by atoms with van der Waals surface area (Å²) in [5.41, 5.74) is 5.39. The predicted molar refractivity (Wildman–Crippen MR) is 144 cm³/mol. The fraction of sp³-hybridized carbons (Fsp3) is 0.348. The lowest BCUT2D eigenvalue weighted by Crippen LogP contribution is -2.71. The van der Waals surface area contributed by atoms with E-state index in [4.69, 9.17) is 15.7 Å². The van der Waals surface area contributed by atoms with E-state index in [1.807, 2.05) is 0 Å². The fourth-order valence-corrected chi connectivity index (χ4v) is 6.72. The number of β-lactam (4-membered cyclic amide) rings is 1. The number of hydrogen-bond donors (Lipinski definition) is 4. The average molecular weight is 648 g/mol. The van der Waals surface area contributed by atoms with Gasteiger partial charge in [0.25, 0.3) is 11.8 Å². The monoisotopic (exact) mass is 647 g/mol. The molecule has 4 heterocycles. The van der Waals surface area contributed by atoms with Crippen LogP contribution in [0.1, 0.15) is 12.6 Å². The number of fused-ring (bicyclic) bond motifs is 1. The number of nitrogen functional groups attached to an aromatic ring is 1. The number of pyridine rings is 1. The molecule has 0 unspecified atom stereocenters. The van der Waals surface area contributed by atoms with Gasteiger partial charge in [-0.25, -0.2) is 14.6 Å². The number of carbonyl (C=O) groups excluding carboxylic acids is 2. The summed E-state index contributed by atoms with van der Waals surface area (Å²) in [6, 6.07) is 1.83. The van der Waals surface area contributed by atoms with Crippen LogP contribution in [0.15, 0.2) is 51.2 Å². The Morgan fingerprint density at radius 1 is 1.33 bits per heavy atom. The molecule has 224 valence electrons. The van der Waals surface area contributed by atoms with Gasteiger partial charge in [0.1, 0.15) is 22.8 Å². The second kappa shape index (κ2) is 12.6. The minimum absolute atomic E-state index is 0.0113. The van der Waals surface area contributed by atoms with Crippen LogP contribution in [0.25, 0.3) is 0 Å². The Balaban J connectivity index is 1.46. The third-order valence-electron chi connectivity index (χ3n) is 5.80. The number of amides is 2. The molecular weight excluding hydrogens is 625 g/mol. The lowest BCUT2D eigenvalue weighted by atomic mass is 10.0. The number of nitrogens with two attached hydrogens (primary N) is 1. The standard InChI is InChI=1S/C23H21F3N6O7S3/c1-10(20(35)36)39-30-14(13-8-42-22(27)28-13)17(33)29-15-18(34)32-16(21(37)38)11(7-41-19(15)32)6-40-12-2-4-31(5-3-12)9-23(24,25)26/h2-5,8,10,15,19H,6-7,9H2,1H3,(H4-,27,28,29,33,35,36,37,38)/p+1/t10-,15+,19+/m0/s1. The van der Waals surface area contributed by atoms with Crippen LogP contribution < -0.4 is 15.6 Å². The van der Waals surface area contributed by atoms with Crippen LogP contribution >= 0.6 is 34.9 Å². The Labute approximate surface area is 247 Å². The third kappa shape index (κ3) is 7.13. The molecule has 2 aliphatic heterocycles. The maximum absolute atomic E-state index is 13.1. The second-order valence-corrected chi connectivity index (χ2v) is 11.9. The number of alkyl halides is 3. The van der Waals surface area contributed by atoms with Crippen LogP contribution in [0.3, 0.4) is 0 Å². The Hall–Kier alpha value is -3.84. The summed E-state index contributed by atoms with van der Waals surface area (Å²) < 4.78 is 38.7. The number of thiazole rings is 1. The summed E-state index contributed by atoms with van der Waals surface area (Å²) in [6.07, 6.45) is -3.22. The van der Waals surface area contributed by atoms with Gasteiger partial charge < -0.3 is 26.1 Å². The largest absolute Gasteiger partial charge is 0.478 e. The number of oxime groups is 1. The highest BCUT2D eigenvalue weighted by atomic mass is 32.2. The minimum atomic E-state index is -4.37. The zero-order valence-corrected chi connectivity index (χ0v) is 23.9. The molecule has 5 N–H and O–H groups in total. The summed E-state index contributed by atoms with van der Waals surface area (Å²) in [5, 5.41) is 25.8. The Bertz CT molecular complexity index is 1460. The smallest absolute Gasteiger partial charge is 0.448 e. The van der Waals surface area contributed by atoms with E-state index in [9.17, 15) is 37.5 Å². The molecular formula is C23H22F3N6O7S3+. The Morgan fingerprint density at radius 3 is 2.60 bits per heavy atom. The van der Waals surface area contributed by atoms with E-state index in [2.05, 4.69) is 15.5 Å². The van der Waals surface area contributed by atoms with Gasteiger partial charge in [0, 0.05) is 33.9 Å². The topological polar surface area (TPSA) is 188 Å². The molecule has 0 bridgehead atoms. The van der Waals surface area contributed by atoms with E-state index >= 15 is 0 Å². The second-order valence-electron chi connectivity index (χ2n) is 8.83. The zero-order chi connectivity index (χ0) is 30.8. The Morgan fingerprint density at radius 2 is 2.02 bits per heavy atom. The summed E-state index contributed by atoms with van der Waals surface area (Å²) in [4.78, 5) is 59.9.